The van der Waals surface area contributed by atoms with Crippen molar-refractivity contribution in [1.82, 2.24) is 20.1 Å². The maximum atomic E-state index is 13.0. The molecule has 0 aliphatic heterocycles. The van der Waals surface area contributed by atoms with Crippen LogP contribution in [0.25, 0.3) is 10.2 Å². The van der Waals surface area contributed by atoms with Crippen molar-refractivity contribution in [2.24, 2.45) is 0 Å². The average Bonchev–Trinajstić information content (AvgIpc) is 3.31. The summed E-state index contributed by atoms with van der Waals surface area (Å²) in [7, 11) is 0. The van der Waals surface area contributed by atoms with Gasteiger partial charge in [-0.05, 0) is 61.8 Å². The number of benzene rings is 2. The Morgan fingerprint density at radius 3 is 2.66 bits per heavy atom. The third kappa shape index (κ3) is 9.39. The lowest BCUT2D eigenvalue weighted by Crippen LogP contribution is -2.42. The Labute approximate surface area is 233 Å². The van der Waals surface area contributed by atoms with Gasteiger partial charge in [0, 0.05) is 31.2 Å². The highest BCUT2D eigenvalue weighted by Crippen LogP contribution is 2.27. The van der Waals surface area contributed by atoms with Gasteiger partial charge in [0.25, 0.3) is 0 Å². The van der Waals surface area contributed by atoms with Gasteiger partial charge in [-0.25, -0.2) is 0 Å². The van der Waals surface area contributed by atoms with Gasteiger partial charge in [0.05, 0.1) is 24.3 Å². The van der Waals surface area contributed by atoms with E-state index < -0.39 is 0 Å². The zero-order valence-electron chi connectivity index (χ0n) is 22.3. The largest absolute Gasteiger partial charge is 0.506 e. The standard InChI is InChI=1S/C28H39ClN4O4S/c1-3-32(4-2)16-17-33(25(35)12-19-37-18-11-21-6-5-7-23(29)20-21)15-14-30-13-10-22-8-9-24(34)26-27(22)38-28(36)31-26/h5-9,20,30,34H,3-4,10-19H2,1-2H3,(H,31,36). The fourth-order valence-electron chi connectivity index (χ4n) is 4.30. The van der Waals surface area contributed by atoms with Crippen LogP contribution in [0, 0.1) is 0 Å². The number of thiazole rings is 1. The number of phenols is 1. The summed E-state index contributed by atoms with van der Waals surface area (Å²) in [5.41, 5.74) is 2.63. The van der Waals surface area contributed by atoms with Crippen LogP contribution >= 0.6 is 22.9 Å². The Morgan fingerprint density at radius 1 is 1.08 bits per heavy atom. The predicted octanol–water partition coefficient (Wildman–Crippen LogP) is 3.90. The molecule has 3 aromatic rings. The number of H-pyrrole nitrogens is 1. The molecule has 0 fully saturated rings. The number of phenolic OH excluding ortho intramolecular Hbond substituents is 1. The molecule has 0 unspecified atom stereocenters. The summed E-state index contributed by atoms with van der Waals surface area (Å²) in [5, 5.41) is 14.1. The normalized spacial score (nSPS) is 11.5. The van der Waals surface area contributed by atoms with Crippen molar-refractivity contribution in [2.75, 3.05) is 59.0 Å². The van der Waals surface area contributed by atoms with E-state index >= 15 is 0 Å². The van der Waals surface area contributed by atoms with Crippen LogP contribution in [-0.2, 0) is 22.4 Å². The molecule has 1 aromatic heterocycles. The lowest BCUT2D eigenvalue weighted by molar-refractivity contribution is -0.132. The molecule has 0 spiro atoms. The molecule has 0 saturated carbocycles. The van der Waals surface area contributed by atoms with Crippen molar-refractivity contribution >= 4 is 39.1 Å². The van der Waals surface area contributed by atoms with E-state index in [1.54, 1.807) is 6.07 Å². The molecule has 3 rings (SSSR count). The summed E-state index contributed by atoms with van der Waals surface area (Å²) in [6.07, 6.45) is 1.83. The topological polar surface area (TPSA) is 97.9 Å². The van der Waals surface area contributed by atoms with Crippen molar-refractivity contribution in [3.05, 3.63) is 62.2 Å². The third-order valence-corrected chi connectivity index (χ3v) is 7.78. The molecule has 0 atom stereocenters. The van der Waals surface area contributed by atoms with Crippen LogP contribution in [0.3, 0.4) is 0 Å². The second-order valence-electron chi connectivity index (χ2n) is 9.11. The number of rotatable bonds is 17. The van der Waals surface area contributed by atoms with Crippen molar-refractivity contribution < 1.29 is 14.6 Å². The number of ether oxygens (including phenoxy) is 1. The van der Waals surface area contributed by atoms with E-state index in [1.165, 1.54) is 0 Å². The van der Waals surface area contributed by atoms with Gasteiger partial charge in [0.2, 0.25) is 5.91 Å². The van der Waals surface area contributed by atoms with Gasteiger partial charge in [0.15, 0.2) is 0 Å². The van der Waals surface area contributed by atoms with E-state index in [1.807, 2.05) is 35.2 Å². The summed E-state index contributed by atoms with van der Waals surface area (Å²) < 4.78 is 6.54. The minimum absolute atomic E-state index is 0.0888. The molecule has 0 aliphatic carbocycles. The molecule has 208 valence electrons. The Morgan fingerprint density at radius 2 is 1.89 bits per heavy atom. The number of amides is 1. The number of nitrogens with one attached hydrogen (secondary N) is 2. The highest BCUT2D eigenvalue weighted by atomic mass is 35.5. The van der Waals surface area contributed by atoms with Crippen LogP contribution < -0.4 is 10.2 Å². The molecule has 0 radical (unpaired) electrons. The Bertz CT molecular complexity index is 1210. The Hall–Kier alpha value is -2.43. The highest BCUT2D eigenvalue weighted by Gasteiger charge is 2.15. The first kappa shape index (κ1) is 30.1. The number of hydrogen-bond donors (Lipinski definition) is 3. The first-order valence-electron chi connectivity index (χ1n) is 13.3. The first-order chi connectivity index (χ1) is 18.4. The number of hydrogen-bond acceptors (Lipinski definition) is 7. The maximum absolute atomic E-state index is 13.0. The molecule has 1 amide bonds. The van der Waals surface area contributed by atoms with Gasteiger partial charge in [0.1, 0.15) is 11.3 Å². The molecular weight excluding hydrogens is 524 g/mol. The molecule has 38 heavy (non-hydrogen) atoms. The zero-order valence-corrected chi connectivity index (χ0v) is 23.9. The molecule has 3 N–H and O–H groups in total. The quantitative estimate of drug-likeness (QED) is 0.216. The van der Waals surface area contributed by atoms with Gasteiger partial charge >= 0.3 is 4.87 Å². The van der Waals surface area contributed by atoms with E-state index in [9.17, 15) is 14.7 Å². The Kier molecular flexibility index (Phi) is 12.6. The van der Waals surface area contributed by atoms with Gasteiger partial charge in [-0.3, -0.25) is 9.59 Å². The highest BCUT2D eigenvalue weighted by molar-refractivity contribution is 7.16. The summed E-state index contributed by atoms with van der Waals surface area (Å²) in [5.74, 6) is 0.185. The molecule has 10 heteroatoms. The van der Waals surface area contributed by atoms with E-state index in [-0.39, 0.29) is 16.5 Å². The van der Waals surface area contributed by atoms with E-state index in [0.29, 0.717) is 56.4 Å². The van der Waals surface area contributed by atoms with Crippen molar-refractivity contribution in [2.45, 2.75) is 33.1 Å². The number of nitrogens with zero attached hydrogens (tertiary/aromatic N) is 2. The number of aromatic amines is 1. The van der Waals surface area contributed by atoms with Crippen LogP contribution in [0.15, 0.2) is 41.2 Å². The number of aromatic nitrogens is 1. The van der Waals surface area contributed by atoms with Crippen molar-refractivity contribution in [3.8, 4) is 5.75 Å². The van der Waals surface area contributed by atoms with E-state index in [0.717, 1.165) is 59.6 Å². The molecule has 2 aromatic carbocycles. The molecule has 1 heterocycles. The number of likely N-dealkylation sites (N-methyl/N-ethyl adjacent to an activating group) is 1. The molecule has 0 aliphatic rings. The fourth-order valence-corrected chi connectivity index (χ4v) is 5.41. The second-order valence-corrected chi connectivity index (χ2v) is 10.5. The fraction of sp³-hybridized carbons (Fsp3) is 0.500. The lowest BCUT2D eigenvalue weighted by Gasteiger charge is -2.27. The van der Waals surface area contributed by atoms with Crippen LogP contribution in [0.2, 0.25) is 5.02 Å². The van der Waals surface area contributed by atoms with Crippen molar-refractivity contribution in [1.29, 1.82) is 0 Å². The van der Waals surface area contributed by atoms with E-state index in [4.69, 9.17) is 16.3 Å². The zero-order chi connectivity index (χ0) is 27.3. The summed E-state index contributed by atoms with van der Waals surface area (Å²) >= 11 is 7.15. The molecule has 8 nitrogen and oxygen atoms in total. The number of carbonyl (C=O) groups excluding carboxylic acids is 1. The van der Waals surface area contributed by atoms with Gasteiger partial charge in [-0.15, -0.1) is 0 Å². The third-order valence-electron chi connectivity index (χ3n) is 6.59. The number of halogens is 1. The summed E-state index contributed by atoms with van der Waals surface area (Å²) in [6, 6.07) is 11.2. The minimum Gasteiger partial charge on any atom is -0.506 e. The van der Waals surface area contributed by atoms with Crippen LogP contribution in [0.1, 0.15) is 31.4 Å². The van der Waals surface area contributed by atoms with Gasteiger partial charge in [-0.2, -0.15) is 0 Å². The second kappa shape index (κ2) is 15.9. The van der Waals surface area contributed by atoms with E-state index in [2.05, 4.69) is 29.0 Å². The summed E-state index contributed by atoms with van der Waals surface area (Å²) in [4.78, 5) is 31.5. The van der Waals surface area contributed by atoms with Gasteiger partial charge < -0.3 is 29.9 Å². The average molecular weight is 563 g/mol. The van der Waals surface area contributed by atoms with Crippen molar-refractivity contribution in [3.63, 3.8) is 0 Å². The van der Waals surface area contributed by atoms with Crippen LogP contribution in [-0.4, -0.2) is 84.8 Å². The van der Waals surface area contributed by atoms with Crippen LogP contribution in [0.5, 0.6) is 5.75 Å². The Balaban J connectivity index is 1.43. The smallest absolute Gasteiger partial charge is 0.305 e. The lowest BCUT2D eigenvalue weighted by atomic mass is 10.1. The maximum Gasteiger partial charge on any atom is 0.305 e. The monoisotopic (exact) mass is 562 g/mol. The molecule has 0 saturated heterocycles. The SMILES string of the molecule is CCN(CC)CCN(CCNCCc1ccc(O)c2[nH]c(=O)sc12)C(=O)CCOCCc1cccc(Cl)c1. The van der Waals surface area contributed by atoms with Crippen LogP contribution in [0.4, 0.5) is 0 Å². The molecule has 0 bridgehead atoms. The summed E-state index contributed by atoms with van der Waals surface area (Å²) in [6.45, 7) is 10.6. The minimum atomic E-state index is -0.175. The van der Waals surface area contributed by atoms with Gasteiger partial charge in [-0.1, -0.05) is 55.0 Å². The predicted molar refractivity (Wildman–Crippen MR) is 156 cm³/mol. The number of carbonyl (C=O) groups is 1. The molecular formula is C28H39ClN4O4S. The number of aromatic hydroxyl groups is 1. The first-order valence-corrected chi connectivity index (χ1v) is 14.5. The number of fused-ring (bicyclic) bond motifs is 1.